The zero-order chi connectivity index (χ0) is 31.9. The molecule has 0 saturated carbocycles. The predicted octanol–water partition coefficient (Wildman–Crippen LogP) is 10.8. The third-order valence-electron chi connectivity index (χ3n) is 9.62. The summed E-state index contributed by atoms with van der Waals surface area (Å²) in [5.74, 6) is 1.73. The highest BCUT2D eigenvalue weighted by Crippen LogP contribution is 2.57. The molecular weight excluding hydrogens is 585 g/mol. The Bertz CT molecular complexity index is 2250. The first kappa shape index (κ1) is 28.1. The van der Waals surface area contributed by atoms with Crippen LogP contribution in [0, 0.1) is 0 Å². The molecule has 3 heteroatoms. The first-order chi connectivity index (χ1) is 23.8. The Hall–Kier alpha value is -6.19. The fourth-order valence-electron chi connectivity index (χ4n) is 7.56. The molecule has 0 radical (unpaired) electrons. The lowest BCUT2D eigenvalue weighted by Gasteiger charge is -2.42. The summed E-state index contributed by atoms with van der Waals surface area (Å²) in [4.78, 5) is 5.32. The standard InChI is InChI=1S/C45H32N2O/c1-4-16-31(17-5-1)44-46-39-27-12-10-24-37(39)43(47-44)33-19-14-18-32(30-33)36-25-15-29-41-42(36)45(34-20-6-2-7-21-34,35-22-8-3-9-23-35)38-26-11-13-28-40(38)48-41/h1-30,44,46H. The van der Waals surface area contributed by atoms with E-state index in [1.54, 1.807) is 0 Å². The monoisotopic (exact) mass is 616 g/mol. The molecule has 2 heterocycles. The molecule has 1 unspecified atom stereocenters. The fourth-order valence-corrected chi connectivity index (χ4v) is 7.56. The maximum atomic E-state index is 6.76. The Morgan fingerprint density at radius 2 is 1.08 bits per heavy atom. The summed E-state index contributed by atoms with van der Waals surface area (Å²) < 4.78 is 6.76. The van der Waals surface area contributed by atoms with Crippen molar-refractivity contribution >= 4 is 11.4 Å². The van der Waals surface area contributed by atoms with Crippen LogP contribution >= 0.6 is 0 Å². The van der Waals surface area contributed by atoms with E-state index in [4.69, 9.17) is 9.73 Å². The molecule has 0 aromatic heterocycles. The van der Waals surface area contributed by atoms with Crippen molar-refractivity contribution in [1.82, 2.24) is 0 Å². The van der Waals surface area contributed by atoms with Gasteiger partial charge in [-0.3, -0.25) is 4.99 Å². The number of fused-ring (bicyclic) bond motifs is 3. The topological polar surface area (TPSA) is 33.6 Å². The third kappa shape index (κ3) is 4.47. The molecule has 7 aromatic carbocycles. The summed E-state index contributed by atoms with van der Waals surface area (Å²) in [5.41, 5.74) is 11.6. The van der Waals surface area contributed by atoms with Crippen molar-refractivity contribution in [3.8, 4) is 22.6 Å². The number of hydrogen-bond donors (Lipinski definition) is 1. The largest absolute Gasteiger partial charge is 0.457 e. The average Bonchev–Trinajstić information content (AvgIpc) is 3.17. The maximum absolute atomic E-state index is 6.76. The molecule has 2 aliphatic heterocycles. The lowest BCUT2D eigenvalue weighted by Crippen LogP contribution is -2.34. The van der Waals surface area contributed by atoms with Crippen molar-refractivity contribution in [2.45, 2.75) is 11.6 Å². The number of para-hydroxylation sites is 2. The van der Waals surface area contributed by atoms with Gasteiger partial charge in [0.05, 0.1) is 11.1 Å². The van der Waals surface area contributed by atoms with E-state index in [0.29, 0.717) is 0 Å². The van der Waals surface area contributed by atoms with Gasteiger partial charge in [-0.2, -0.15) is 0 Å². The van der Waals surface area contributed by atoms with E-state index in [1.165, 1.54) is 11.1 Å². The maximum Gasteiger partial charge on any atom is 0.145 e. The van der Waals surface area contributed by atoms with Gasteiger partial charge in [0.25, 0.3) is 0 Å². The highest BCUT2D eigenvalue weighted by Gasteiger charge is 2.46. The second-order valence-corrected chi connectivity index (χ2v) is 12.3. The fraction of sp³-hybridized carbons (Fsp3) is 0.0444. The Morgan fingerprint density at radius 3 is 1.85 bits per heavy atom. The number of ether oxygens (including phenoxy) is 1. The zero-order valence-electron chi connectivity index (χ0n) is 26.3. The van der Waals surface area contributed by atoms with E-state index in [9.17, 15) is 0 Å². The minimum absolute atomic E-state index is 0.182. The molecule has 0 aliphatic carbocycles. The summed E-state index contributed by atoms with van der Waals surface area (Å²) in [7, 11) is 0. The van der Waals surface area contributed by atoms with Gasteiger partial charge >= 0.3 is 0 Å². The molecule has 0 saturated heterocycles. The van der Waals surface area contributed by atoms with Crippen LogP contribution < -0.4 is 10.1 Å². The first-order valence-corrected chi connectivity index (χ1v) is 16.4. The molecule has 0 fully saturated rings. The van der Waals surface area contributed by atoms with E-state index >= 15 is 0 Å². The van der Waals surface area contributed by atoms with Crippen molar-refractivity contribution in [2.24, 2.45) is 4.99 Å². The van der Waals surface area contributed by atoms with Gasteiger partial charge in [0, 0.05) is 27.9 Å². The van der Waals surface area contributed by atoms with Gasteiger partial charge in [-0.25, -0.2) is 0 Å². The molecule has 0 bridgehead atoms. The third-order valence-corrected chi connectivity index (χ3v) is 9.62. The van der Waals surface area contributed by atoms with Crippen LogP contribution in [0.2, 0.25) is 0 Å². The van der Waals surface area contributed by atoms with Crippen molar-refractivity contribution < 1.29 is 4.74 Å². The number of anilines is 1. The summed E-state index contributed by atoms with van der Waals surface area (Å²) in [6.45, 7) is 0. The highest BCUT2D eigenvalue weighted by atomic mass is 16.5. The van der Waals surface area contributed by atoms with Crippen molar-refractivity contribution in [1.29, 1.82) is 0 Å². The number of rotatable bonds is 5. The predicted molar refractivity (Wildman–Crippen MR) is 195 cm³/mol. The van der Waals surface area contributed by atoms with E-state index in [0.717, 1.165) is 61.8 Å². The molecular formula is C45H32N2O. The second-order valence-electron chi connectivity index (χ2n) is 12.3. The molecule has 0 spiro atoms. The molecule has 228 valence electrons. The van der Waals surface area contributed by atoms with Crippen LogP contribution in [0.5, 0.6) is 11.5 Å². The Morgan fingerprint density at radius 1 is 0.500 bits per heavy atom. The quantitative estimate of drug-likeness (QED) is 0.209. The van der Waals surface area contributed by atoms with E-state index in [1.807, 2.05) is 6.07 Å². The van der Waals surface area contributed by atoms with Crippen molar-refractivity contribution in [2.75, 3.05) is 5.32 Å². The van der Waals surface area contributed by atoms with Crippen LogP contribution in [0.3, 0.4) is 0 Å². The molecule has 0 amide bonds. The summed E-state index contributed by atoms with van der Waals surface area (Å²) in [6.07, 6.45) is -0.182. The van der Waals surface area contributed by atoms with Crippen molar-refractivity contribution in [3.05, 3.63) is 221 Å². The summed E-state index contributed by atoms with van der Waals surface area (Å²) in [6, 6.07) is 64.4. The zero-order valence-corrected chi connectivity index (χ0v) is 26.3. The van der Waals surface area contributed by atoms with E-state index in [-0.39, 0.29) is 6.17 Å². The normalized spacial score (nSPS) is 15.5. The number of benzene rings is 7. The van der Waals surface area contributed by atoms with Crippen LogP contribution in [-0.4, -0.2) is 5.71 Å². The molecule has 3 nitrogen and oxygen atoms in total. The van der Waals surface area contributed by atoms with Gasteiger partial charge in [-0.05, 0) is 52.1 Å². The van der Waals surface area contributed by atoms with E-state index in [2.05, 4.69) is 181 Å². The first-order valence-electron chi connectivity index (χ1n) is 16.4. The highest BCUT2D eigenvalue weighted by molar-refractivity contribution is 6.17. The van der Waals surface area contributed by atoms with Crippen LogP contribution in [-0.2, 0) is 5.41 Å². The lowest BCUT2D eigenvalue weighted by molar-refractivity contribution is 0.435. The Kier molecular flexibility index (Phi) is 6.76. The Labute approximate surface area is 280 Å². The minimum atomic E-state index is -0.615. The second kappa shape index (κ2) is 11.6. The van der Waals surface area contributed by atoms with Crippen LogP contribution in [0.15, 0.2) is 187 Å². The number of aliphatic imine (C=N–C) groups is 1. The van der Waals surface area contributed by atoms with Gasteiger partial charge in [0.2, 0.25) is 0 Å². The van der Waals surface area contributed by atoms with Crippen LogP contribution in [0.25, 0.3) is 11.1 Å². The summed E-state index contributed by atoms with van der Waals surface area (Å²) in [5, 5.41) is 3.65. The van der Waals surface area contributed by atoms with Gasteiger partial charge in [0.15, 0.2) is 0 Å². The number of nitrogens with one attached hydrogen (secondary N) is 1. The molecule has 9 rings (SSSR count). The van der Waals surface area contributed by atoms with Gasteiger partial charge < -0.3 is 10.1 Å². The minimum Gasteiger partial charge on any atom is -0.457 e. The van der Waals surface area contributed by atoms with Crippen molar-refractivity contribution in [3.63, 3.8) is 0 Å². The smallest absolute Gasteiger partial charge is 0.145 e. The SMILES string of the molecule is c1ccc(C2N=C(c3cccc(-c4cccc5c4C(c4ccccc4)(c4ccccc4)c4ccccc4O5)c3)c3ccccc3N2)cc1. The van der Waals surface area contributed by atoms with Gasteiger partial charge in [-0.1, -0.05) is 158 Å². The van der Waals surface area contributed by atoms with Gasteiger partial charge in [-0.15, -0.1) is 0 Å². The molecule has 1 N–H and O–H groups in total. The molecule has 48 heavy (non-hydrogen) atoms. The average molecular weight is 617 g/mol. The molecule has 7 aromatic rings. The van der Waals surface area contributed by atoms with Gasteiger partial charge in [0.1, 0.15) is 17.7 Å². The lowest BCUT2D eigenvalue weighted by atomic mass is 9.62. The molecule has 2 aliphatic rings. The van der Waals surface area contributed by atoms with Crippen LogP contribution in [0.4, 0.5) is 5.69 Å². The van der Waals surface area contributed by atoms with Crippen LogP contribution in [0.1, 0.15) is 45.1 Å². The summed E-state index contributed by atoms with van der Waals surface area (Å²) >= 11 is 0. The number of nitrogens with zero attached hydrogens (tertiary/aromatic N) is 1. The Balaban J connectivity index is 1.29. The number of hydrogen-bond acceptors (Lipinski definition) is 3. The van der Waals surface area contributed by atoms with E-state index < -0.39 is 5.41 Å². The molecule has 1 atom stereocenters.